The van der Waals surface area contributed by atoms with Crippen LogP contribution in [0.3, 0.4) is 0 Å². The van der Waals surface area contributed by atoms with Crippen LogP contribution in [0.2, 0.25) is 0 Å². The molecule has 5 heteroatoms. The molecular weight excluding hydrogens is 269 g/mol. The fourth-order valence-electron chi connectivity index (χ4n) is 2.35. The molecule has 0 radical (unpaired) electrons. The molecule has 1 atom stereocenters. The van der Waals surface area contributed by atoms with Gasteiger partial charge >= 0.3 is 0 Å². The third-order valence-corrected chi connectivity index (χ3v) is 3.24. The highest BCUT2D eigenvalue weighted by Crippen LogP contribution is 2.16. The van der Waals surface area contributed by atoms with E-state index in [1.807, 2.05) is 0 Å². The average molecular weight is 291 g/mol. The SMILES string of the molecule is CC(C)CN(Cc1ncc[nH]1)CC(O)c1ccc(F)cc1. The predicted molar refractivity (Wildman–Crippen MR) is 80.1 cm³/mol. The molecule has 0 spiro atoms. The van der Waals surface area contributed by atoms with Crippen molar-refractivity contribution in [1.82, 2.24) is 14.9 Å². The summed E-state index contributed by atoms with van der Waals surface area (Å²) in [6.07, 6.45) is 2.87. The van der Waals surface area contributed by atoms with Crippen LogP contribution in [-0.4, -0.2) is 33.1 Å². The molecule has 1 aromatic carbocycles. The Morgan fingerprint density at radius 2 is 1.95 bits per heavy atom. The van der Waals surface area contributed by atoms with Gasteiger partial charge in [-0.2, -0.15) is 0 Å². The van der Waals surface area contributed by atoms with Crippen LogP contribution < -0.4 is 0 Å². The maximum absolute atomic E-state index is 12.9. The van der Waals surface area contributed by atoms with Gasteiger partial charge in [0.25, 0.3) is 0 Å². The second-order valence-electron chi connectivity index (χ2n) is 5.69. The number of H-pyrrole nitrogens is 1. The summed E-state index contributed by atoms with van der Waals surface area (Å²) < 4.78 is 12.9. The summed E-state index contributed by atoms with van der Waals surface area (Å²) in [5.41, 5.74) is 0.726. The maximum atomic E-state index is 12.9. The number of hydrogen-bond donors (Lipinski definition) is 2. The minimum atomic E-state index is -0.640. The van der Waals surface area contributed by atoms with Crippen LogP contribution in [0, 0.1) is 11.7 Å². The van der Waals surface area contributed by atoms with Gasteiger partial charge in [0, 0.05) is 25.5 Å². The first kappa shape index (κ1) is 15.7. The minimum absolute atomic E-state index is 0.291. The van der Waals surface area contributed by atoms with Gasteiger partial charge in [-0.05, 0) is 23.6 Å². The number of aliphatic hydroxyl groups is 1. The fourth-order valence-corrected chi connectivity index (χ4v) is 2.35. The van der Waals surface area contributed by atoms with Crippen molar-refractivity contribution in [2.45, 2.75) is 26.5 Å². The lowest BCUT2D eigenvalue weighted by molar-refractivity contribution is 0.100. The zero-order chi connectivity index (χ0) is 15.2. The van der Waals surface area contributed by atoms with Crippen molar-refractivity contribution >= 4 is 0 Å². The van der Waals surface area contributed by atoms with Gasteiger partial charge in [-0.1, -0.05) is 26.0 Å². The number of benzene rings is 1. The minimum Gasteiger partial charge on any atom is -0.387 e. The van der Waals surface area contributed by atoms with Crippen LogP contribution in [0.4, 0.5) is 4.39 Å². The van der Waals surface area contributed by atoms with E-state index in [9.17, 15) is 9.50 Å². The standard InChI is InChI=1S/C16H22FN3O/c1-12(2)9-20(11-16-18-7-8-19-16)10-15(21)13-3-5-14(17)6-4-13/h3-8,12,15,21H,9-11H2,1-2H3,(H,18,19). The van der Waals surface area contributed by atoms with Gasteiger partial charge in [-0.15, -0.1) is 0 Å². The van der Waals surface area contributed by atoms with Crippen LogP contribution in [-0.2, 0) is 6.54 Å². The highest BCUT2D eigenvalue weighted by Gasteiger charge is 2.16. The first-order chi connectivity index (χ1) is 10.0. The van der Waals surface area contributed by atoms with Gasteiger partial charge in [0.2, 0.25) is 0 Å². The Kier molecular flexibility index (Phi) is 5.47. The van der Waals surface area contributed by atoms with E-state index in [2.05, 4.69) is 28.7 Å². The molecular formula is C16H22FN3O. The van der Waals surface area contributed by atoms with E-state index in [0.29, 0.717) is 19.0 Å². The van der Waals surface area contributed by atoms with Crippen LogP contribution in [0.1, 0.15) is 31.3 Å². The number of nitrogens with one attached hydrogen (secondary N) is 1. The largest absolute Gasteiger partial charge is 0.387 e. The van der Waals surface area contributed by atoms with Crippen molar-refractivity contribution in [1.29, 1.82) is 0 Å². The lowest BCUT2D eigenvalue weighted by atomic mass is 10.1. The Balaban J connectivity index is 2.01. The van der Waals surface area contributed by atoms with E-state index in [0.717, 1.165) is 17.9 Å². The summed E-state index contributed by atoms with van der Waals surface area (Å²) in [4.78, 5) is 9.45. The number of hydrogen-bond acceptors (Lipinski definition) is 3. The molecule has 1 unspecified atom stereocenters. The Bertz CT molecular complexity index is 525. The second-order valence-corrected chi connectivity index (χ2v) is 5.69. The van der Waals surface area contributed by atoms with E-state index in [1.54, 1.807) is 24.5 Å². The van der Waals surface area contributed by atoms with Crippen LogP contribution >= 0.6 is 0 Å². The van der Waals surface area contributed by atoms with Crippen molar-refractivity contribution < 1.29 is 9.50 Å². The molecule has 2 rings (SSSR count). The van der Waals surface area contributed by atoms with Crippen molar-refractivity contribution in [2.24, 2.45) is 5.92 Å². The monoisotopic (exact) mass is 291 g/mol. The van der Waals surface area contributed by atoms with Crippen LogP contribution in [0.15, 0.2) is 36.7 Å². The molecule has 0 fully saturated rings. The number of aromatic nitrogens is 2. The summed E-state index contributed by atoms with van der Waals surface area (Å²) in [5.74, 6) is 1.07. The lowest BCUT2D eigenvalue weighted by Crippen LogP contribution is -2.32. The second kappa shape index (κ2) is 7.33. The van der Waals surface area contributed by atoms with Gasteiger partial charge in [-0.3, -0.25) is 4.90 Å². The molecule has 114 valence electrons. The molecule has 0 aliphatic carbocycles. The Labute approximate surface area is 124 Å². The number of halogens is 1. The molecule has 4 nitrogen and oxygen atoms in total. The molecule has 1 heterocycles. The van der Waals surface area contributed by atoms with Crippen molar-refractivity contribution in [2.75, 3.05) is 13.1 Å². The molecule has 21 heavy (non-hydrogen) atoms. The van der Waals surface area contributed by atoms with Crippen molar-refractivity contribution in [3.63, 3.8) is 0 Å². The molecule has 2 N–H and O–H groups in total. The van der Waals surface area contributed by atoms with Crippen molar-refractivity contribution in [3.05, 3.63) is 53.9 Å². The third kappa shape index (κ3) is 4.95. The Morgan fingerprint density at radius 1 is 1.24 bits per heavy atom. The smallest absolute Gasteiger partial charge is 0.123 e. The normalized spacial score (nSPS) is 13.0. The van der Waals surface area contributed by atoms with E-state index < -0.39 is 6.10 Å². The van der Waals surface area contributed by atoms with E-state index in [-0.39, 0.29) is 5.82 Å². The van der Waals surface area contributed by atoms with Gasteiger partial charge in [0.05, 0.1) is 12.6 Å². The van der Waals surface area contributed by atoms with Gasteiger partial charge < -0.3 is 10.1 Å². The lowest BCUT2D eigenvalue weighted by Gasteiger charge is -2.26. The van der Waals surface area contributed by atoms with E-state index >= 15 is 0 Å². The zero-order valence-electron chi connectivity index (χ0n) is 12.5. The van der Waals surface area contributed by atoms with Gasteiger partial charge in [-0.25, -0.2) is 9.37 Å². The first-order valence-corrected chi connectivity index (χ1v) is 7.18. The number of aromatic amines is 1. The molecule has 1 aromatic heterocycles. The van der Waals surface area contributed by atoms with Gasteiger partial charge in [0.1, 0.15) is 11.6 Å². The number of imidazole rings is 1. The maximum Gasteiger partial charge on any atom is 0.123 e. The summed E-state index contributed by atoms with van der Waals surface area (Å²) in [6, 6.07) is 6.00. The number of nitrogens with zero attached hydrogens (tertiary/aromatic N) is 2. The summed E-state index contributed by atoms with van der Waals surface area (Å²) >= 11 is 0. The van der Waals surface area contributed by atoms with Crippen LogP contribution in [0.5, 0.6) is 0 Å². The molecule has 0 aliphatic rings. The van der Waals surface area contributed by atoms with E-state index in [1.165, 1.54) is 12.1 Å². The van der Waals surface area contributed by atoms with E-state index in [4.69, 9.17) is 0 Å². The molecule has 0 amide bonds. The molecule has 0 aliphatic heterocycles. The average Bonchev–Trinajstić information content (AvgIpc) is 2.91. The molecule has 0 saturated carbocycles. The summed E-state index contributed by atoms with van der Waals surface area (Å²) in [7, 11) is 0. The number of aliphatic hydroxyl groups excluding tert-OH is 1. The predicted octanol–water partition coefficient (Wildman–Crippen LogP) is 2.74. The number of rotatable bonds is 7. The van der Waals surface area contributed by atoms with Crippen LogP contribution in [0.25, 0.3) is 0 Å². The molecule has 2 aromatic rings. The Hall–Kier alpha value is -1.72. The quantitative estimate of drug-likeness (QED) is 0.824. The third-order valence-electron chi connectivity index (χ3n) is 3.24. The first-order valence-electron chi connectivity index (χ1n) is 7.18. The highest BCUT2D eigenvalue weighted by atomic mass is 19.1. The highest BCUT2D eigenvalue weighted by molar-refractivity contribution is 5.18. The summed E-state index contributed by atoms with van der Waals surface area (Å²) in [5, 5.41) is 10.3. The zero-order valence-corrected chi connectivity index (χ0v) is 12.5. The Morgan fingerprint density at radius 3 is 2.52 bits per heavy atom. The summed E-state index contributed by atoms with van der Waals surface area (Å²) in [6.45, 7) is 6.28. The van der Waals surface area contributed by atoms with Gasteiger partial charge in [0.15, 0.2) is 0 Å². The topological polar surface area (TPSA) is 52.2 Å². The molecule has 0 bridgehead atoms. The van der Waals surface area contributed by atoms with Crippen molar-refractivity contribution in [3.8, 4) is 0 Å². The molecule has 0 saturated heterocycles. The fraction of sp³-hybridized carbons (Fsp3) is 0.438.